The van der Waals surface area contributed by atoms with Gasteiger partial charge in [0.2, 0.25) is 0 Å². The summed E-state index contributed by atoms with van der Waals surface area (Å²) in [6.45, 7) is 8.43. The minimum absolute atomic E-state index is 0.136. The summed E-state index contributed by atoms with van der Waals surface area (Å²) >= 11 is 0. The molecule has 0 aliphatic carbocycles. The summed E-state index contributed by atoms with van der Waals surface area (Å²) in [5.74, 6) is 0.929. The van der Waals surface area contributed by atoms with Crippen LogP contribution in [0.25, 0.3) is 0 Å². The van der Waals surface area contributed by atoms with Gasteiger partial charge in [0.15, 0.2) is 0 Å². The van der Waals surface area contributed by atoms with Crippen LogP contribution in [0.2, 0.25) is 0 Å². The monoisotopic (exact) mass is 342 g/mol. The van der Waals surface area contributed by atoms with E-state index in [1.165, 1.54) is 0 Å². The van der Waals surface area contributed by atoms with Gasteiger partial charge in [-0.3, -0.25) is 4.90 Å². The van der Waals surface area contributed by atoms with Gasteiger partial charge in [0.25, 0.3) is 0 Å². The standard InChI is InChI=1S/C20H26N2O3/c1-5-16(18-7-6-12-24-18)21-15-8-9-17-14(13-15)10-11-22(17)19(23)25-20(2,3)4/h6-9,12-13,16,21H,5,10-11H2,1-4H3. The van der Waals surface area contributed by atoms with Crippen LogP contribution >= 0.6 is 0 Å². The first-order valence-corrected chi connectivity index (χ1v) is 8.81. The number of carbonyl (C=O) groups excluding carboxylic acids is 1. The molecular weight excluding hydrogens is 316 g/mol. The maximum Gasteiger partial charge on any atom is 0.414 e. The van der Waals surface area contributed by atoms with E-state index in [0.29, 0.717) is 6.54 Å². The minimum atomic E-state index is -0.487. The molecule has 1 N–H and O–H groups in total. The molecule has 0 spiro atoms. The number of hydrogen-bond acceptors (Lipinski definition) is 4. The Bertz CT molecular complexity index is 732. The van der Waals surface area contributed by atoms with Gasteiger partial charge in [-0.05, 0) is 69.5 Å². The van der Waals surface area contributed by atoms with Crippen molar-refractivity contribution in [3.05, 3.63) is 47.9 Å². The lowest BCUT2D eigenvalue weighted by Gasteiger charge is -2.25. The third-order valence-corrected chi connectivity index (χ3v) is 4.22. The van der Waals surface area contributed by atoms with Gasteiger partial charge in [0, 0.05) is 12.2 Å². The van der Waals surface area contributed by atoms with Gasteiger partial charge in [0.1, 0.15) is 11.4 Å². The summed E-state index contributed by atoms with van der Waals surface area (Å²) in [5, 5.41) is 3.51. The highest BCUT2D eigenvalue weighted by molar-refractivity contribution is 5.91. The summed E-state index contributed by atoms with van der Waals surface area (Å²) in [5.41, 5.74) is 2.64. The molecule has 5 nitrogen and oxygen atoms in total. The maximum absolute atomic E-state index is 12.4. The molecule has 0 saturated carbocycles. The summed E-state index contributed by atoms with van der Waals surface area (Å²) in [6.07, 6.45) is 3.17. The lowest BCUT2D eigenvalue weighted by molar-refractivity contribution is 0.0584. The second-order valence-electron chi connectivity index (χ2n) is 7.35. The van der Waals surface area contributed by atoms with Crippen molar-refractivity contribution in [3.63, 3.8) is 0 Å². The molecule has 1 unspecified atom stereocenters. The lowest BCUT2D eigenvalue weighted by atomic mass is 10.1. The molecule has 0 radical (unpaired) electrons. The van der Waals surface area contributed by atoms with Crippen LogP contribution in [0.1, 0.15) is 51.5 Å². The quantitative estimate of drug-likeness (QED) is 0.836. The maximum atomic E-state index is 12.4. The molecule has 1 amide bonds. The summed E-state index contributed by atoms with van der Waals surface area (Å²) in [7, 11) is 0. The molecule has 0 saturated heterocycles. The fourth-order valence-corrected chi connectivity index (χ4v) is 3.06. The average molecular weight is 342 g/mol. The first-order chi connectivity index (χ1) is 11.9. The topological polar surface area (TPSA) is 54.7 Å². The van der Waals surface area contributed by atoms with Gasteiger partial charge in [-0.25, -0.2) is 4.79 Å². The van der Waals surface area contributed by atoms with E-state index in [0.717, 1.165) is 35.5 Å². The third-order valence-electron chi connectivity index (χ3n) is 4.22. The van der Waals surface area contributed by atoms with Crippen LogP contribution < -0.4 is 10.2 Å². The highest BCUT2D eigenvalue weighted by Crippen LogP contribution is 2.33. The number of hydrogen-bond donors (Lipinski definition) is 1. The molecule has 2 aromatic rings. The second kappa shape index (κ2) is 6.82. The van der Waals surface area contributed by atoms with Crippen molar-refractivity contribution in [3.8, 4) is 0 Å². The second-order valence-corrected chi connectivity index (χ2v) is 7.35. The Balaban J connectivity index is 1.74. The van der Waals surface area contributed by atoms with Crippen LogP contribution in [0.3, 0.4) is 0 Å². The molecular formula is C20H26N2O3. The van der Waals surface area contributed by atoms with E-state index >= 15 is 0 Å². The predicted octanol–water partition coefficient (Wildman–Crippen LogP) is 5.14. The van der Waals surface area contributed by atoms with E-state index in [9.17, 15) is 4.79 Å². The van der Waals surface area contributed by atoms with E-state index in [1.54, 1.807) is 11.2 Å². The van der Waals surface area contributed by atoms with Crippen LogP contribution in [0.5, 0.6) is 0 Å². The van der Waals surface area contributed by atoms with Crippen molar-refractivity contribution in [2.45, 2.75) is 52.2 Å². The number of rotatable bonds is 4. The van der Waals surface area contributed by atoms with Crippen molar-refractivity contribution in [2.75, 3.05) is 16.8 Å². The van der Waals surface area contributed by atoms with Gasteiger partial charge in [-0.1, -0.05) is 6.92 Å². The molecule has 134 valence electrons. The number of amides is 1. The molecule has 3 rings (SSSR count). The average Bonchev–Trinajstić information content (AvgIpc) is 3.20. The zero-order valence-corrected chi connectivity index (χ0v) is 15.3. The van der Waals surface area contributed by atoms with Crippen molar-refractivity contribution in [2.24, 2.45) is 0 Å². The lowest BCUT2D eigenvalue weighted by Crippen LogP contribution is -2.35. The molecule has 0 bridgehead atoms. The van der Waals surface area contributed by atoms with Crippen molar-refractivity contribution in [1.82, 2.24) is 0 Å². The number of fused-ring (bicyclic) bond motifs is 1. The normalized spacial score (nSPS) is 15.0. The zero-order chi connectivity index (χ0) is 18.0. The Morgan fingerprint density at radius 3 is 2.80 bits per heavy atom. The summed E-state index contributed by atoms with van der Waals surface area (Å²) < 4.78 is 11.0. The molecule has 2 heterocycles. The van der Waals surface area contributed by atoms with Crippen LogP contribution in [-0.2, 0) is 11.2 Å². The SMILES string of the molecule is CCC(Nc1ccc2c(c1)CCN2C(=O)OC(C)(C)C)c1ccco1. The number of carbonyl (C=O) groups is 1. The Labute approximate surface area is 149 Å². The smallest absolute Gasteiger partial charge is 0.414 e. The van der Waals surface area contributed by atoms with Gasteiger partial charge >= 0.3 is 6.09 Å². The number of nitrogens with zero attached hydrogens (tertiary/aromatic N) is 1. The Morgan fingerprint density at radius 2 is 2.16 bits per heavy atom. The Morgan fingerprint density at radius 1 is 1.36 bits per heavy atom. The molecule has 1 aliphatic rings. The van der Waals surface area contributed by atoms with E-state index in [2.05, 4.69) is 18.3 Å². The highest BCUT2D eigenvalue weighted by atomic mass is 16.6. The number of ether oxygens (including phenoxy) is 1. The Hall–Kier alpha value is -2.43. The van der Waals surface area contributed by atoms with Gasteiger partial charge in [-0.15, -0.1) is 0 Å². The number of nitrogens with one attached hydrogen (secondary N) is 1. The van der Waals surface area contributed by atoms with Crippen molar-refractivity contribution < 1.29 is 13.9 Å². The molecule has 25 heavy (non-hydrogen) atoms. The van der Waals surface area contributed by atoms with Crippen molar-refractivity contribution >= 4 is 17.5 Å². The molecule has 0 fully saturated rings. The number of anilines is 2. The van der Waals surface area contributed by atoms with E-state index in [-0.39, 0.29) is 12.1 Å². The number of furan rings is 1. The fourth-order valence-electron chi connectivity index (χ4n) is 3.06. The largest absolute Gasteiger partial charge is 0.467 e. The van der Waals surface area contributed by atoms with Gasteiger partial charge in [0.05, 0.1) is 18.0 Å². The molecule has 1 aromatic heterocycles. The minimum Gasteiger partial charge on any atom is -0.467 e. The molecule has 1 aliphatic heterocycles. The fraction of sp³-hybridized carbons (Fsp3) is 0.450. The highest BCUT2D eigenvalue weighted by Gasteiger charge is 2.29. The molecule has 1 aromatic carbocycles. The summed E-state index contributed by atoms with van der Waals surface area (Å²) in [4.78, 5) is 14.1. The summed E-state index contributed by atoms with van der Waals surface area (Å²) in [6, 6.07) is 10.1. The predicted molar refractivity (Wildman–Crippen MR) is 99.1 cm³/mol. The first kappa shape index (κ1) is 17.4. The van der Waals surface area contributed by atoms with Gasteiger partial charge in [-0.2, -0.15) is 0 Å². The van der Waals surface area contributed by atoms with E-state index < -0.39 is 5.60 Å². The number of benzene rings is 1. The Kier molecular flexibility index (Phi) is 4.75. The zero-order valence-electron chi connectivity index (χ0n) is 15.3. The third kappa shape index (κ3) is 3.98. The van der Waals surface area contributed by atoms with E-state index in [4.69, 9.17) is 9.15 Å². The van der Waals surface area contributed by atoms with Crippen molar-refractivity contribution in [1.29, 1.82) is 0 Å². The van der Waals surface area contributed by atoms with Crippen LogP contribution in [0, 0.1) is 0 Å². The van der Waals surface area contributed by atoms with Gasteiger partial charge < -0.3 is 14.5 Å². The molecule has 5 heteroatoms. The first-order valence-electron chi connectivity index (χ1n) is 8.81. The van der Waals surface area contributed by atoms with E-state index in [1.807, 2.05) is 45.0 Å². The van der Waals surface area contributed by atoms with Crippen LogP contribution in [0.15, 0.2) is 41.0 Å². The molecule has 1 atom stereocenters. The van der Waals surface area contributed by atoms with Crippen LogP contribution in [0.4, 0.5) is 16.2 Å². The van der Waals surface area contributed by atoms with Crippen LogP contribution in [-0.4, -0.2) is 18.2 Å².